The third-order valence-electron chi connectivity index (χ3n) is 5.70. The fraction of sp³-hybridized carbons (Fsp3) is 0.161. The maximum absolute atomic E-state index is 12.5. The number of hydrogen-bond acceptors (Lipinski definition) is 4. The fourth-order valence-electron chi connectivity index (χ4n) is 3.82. The van der Waals surface area contributed by atoms with Crippen molar-refractivity contribution in [1.82, 2.24) is 0 Å². The Kier molecular flexibility index (Phi) is 9.30. The minimum absolute atomic E-state index is 0.0696. The fourth-order valence-corrected chi connectivity index (χ4v) is 3.82. The van der Waals surface area contributed by atoms with Gasteiger partial charge in [0.1, 0.15) is 5.75 Å². The molecule has 4 aromatic rings. The van der Waals surface area contributed by atoms with E-state index in [2.05, 4.69) is 28.1 Å². The highest BCUT2D eigenvalue weighted by Crippen LogP contribution is 2.19. The maximum Gasteiger partial charge on any atom is 0.243 e. The molecule has 0 saturated carbocycles. The molecule has 0 saturated heterocycles. The van der Waals surface area contributed by atoms with Crippen molar-refractivity contribution < 1.29 is 14.3 Å². The van der Waals surface area contributed by atoms with E-state index >= 15 is 0 Å². The molecule has 0 aliphatic rings. The summed E-state index contributed by atoms with van der Waals surface area (Å²) in [6.07, 6.45) is 1.89. The standard InChI is InChI=1S/C31H31N3O3/c35-30(18-17-24-9-3-1-4-10-24)33-27-14-7-15-28(21-27)34-31(36)23-32-26-13-8-16-29(22-26)37-20-19-25-11-5-2-6-12-25/h1-16,21-22,32H,17-20,23H2,(H,33,35)(H,34,36). The van der Waals surface area contributed by atoms with E-state index in [0.717, 1.165) is 23.4 Å². The average Bonchev–Trinajstić information content (AvgIpc) is 2.92. The van der Waals surface area contributed by atoms with Crippen molar-refractivity contribution >= 4 is 28.9 Å². The first kappa shape index (κ1) is 25.5. The molecule has 0 bridgehead atoms. The van der Waals surface area contributed by atoms with Crippen LogP contribution in [0.1, 0.15) is 17.5 Å². The number of ether oxygens (including phenoxy) is 1. The van der Waals surface area contributed by atoms with E-state index in [9.17, 15) is 9.59 Å². The molecule has 6 heteroatoms. The predicted molar refractivity (Wildman–Crippen MR) is 149 cm³/mol. The number of carbonyl (C=O) groups is 2. The van der Waals surface area contributed by atoms with E-state index in [1.165, 1.54) is 5.56 Å². The van der Waals surface area contributed by atoms with Crippen molar-refractivity contribution in [1.29, 1.82) is 0 Å². The first-order valence-electron chi connectivity index (χ1n) is 12.4. The highest BCUT2D eigenvalue weighted by atomic mass is 16.5. The Morgan fingerprint density at radius 2 is 1.19 bits per heavy atom. The van der Waals surface area contributed by atoms with Gasteiger partial charge in [0, 0.05) is 36.0 Å². The summed E-state index contributed by atoms with van der Waals surface area (Å²) in [6.45, 7) is 0.675. The Hall–Kier alpha value is -4.58. The first-order chi connectivity index (χ1) is 18.1. The molecule has 0 spiro atoms. The van der Waals surface area contributed by atoms with Gasteiger partial charge in [-0.3, -0.25) is 9.59 Å². The van der Waals surface area contributed by atoms with Gasteiger partial charge in [0.25, 0.3) is 0 Å². The second-order valence-corrected chi connectivity index (χ2v) is 8.63. The molecule has 0 fully saturated rings. The zero-order valence-corrected chi connectivity index (χ0v) is 20.7. The highest BCUT2D eigenvalue weighted by Gasteiger charge is 2.07. The smallest absolute Gasteiger partial charge is 0.243 e. The number of anilines is 3. The largest absolute Gasteiger partial charge is 0.493 e. The third-order valence-corrected chi connectivity index (χ3v) is 5.70. The van der Waals surface area contributed by atoms with Gasteiger partial charge in [-0.1, -0.05) is 72.8 Å². The lowest BCUT2D eigenvalue weighted by atomic mass is 10.1. The topological polar surface area (TPSA) is 79.5 Å². The minimum Gasteiger partial charge on any atom is -0.493 e. The van der Waals surface area contributed by atoms with Crippen LogP contribution in [0.25, 0.3) is 0 Å². The molecule has 0 radical (unpaired) electrons. The molecular weight excluding hydrogens is 462 g/mol. The molecule has 37 heavy (non-hydrogen) atoms. The molecule has 4 aromatic carbocycles. The number of benzene rings is 4. The number of hydrogen-bond donors (Lipinski definition) is 3. The van der Waals surface area contributed by atoms with Gasteiger partial charge in [-0.15, -0.1) is 0 Å². The van der Waals surface area contributed by atoms with E-state index < -0.39 is 0 Å². The Morgan fingerprint density at radius 3 is 1.89 bits per heavy atom. The summed E-state index contributed by atoms with van der Waals surface area (Å²) in [5, 5.41) is 8.89. The minimum atomic E-state index is -0.192. The zero-order chi connectivity index (χ0) is 25.7. The third kappa shape index (κ3) is 8.85. The Balaban J connectivity index is 1.21. The second kappa shape index (κ2) is 13.5. The molecule has 6 nitrogen and oxygen atoms in total. The SMILES string of the molecule is O=C(CCc1ccccc1)Nc1cccc(NC(=O)CNc2cccc(OCCc3ccccc3)c2)c1. The molecule has 4 rings (SSSR count). The molecule has 0 aliphatic heterocycles. The van der Waals surface area contributed by atoms with Gasteiger partial charge in [-0.05, 0) is 47.9 Å². The number of aryl methyl sites for hydroxylation is 1. The van der Waals surface area contributed by atoms with E-state index in [1.54, 1.807) is 24.3 Å². The zero-order valence-electron chi connectivity index (χ0n) is 20.7. The van der Waals surface area contributed by atoms with E-state index in [4.69, 9.17) is 4.74 Å². The summed E-state index contributed by atoms with van der Waals surface area (Å²) in [6, 6.07) is 34.8. The lowest BCUT2D eigenvalue weighted by molar-refractivity contribution is -0.116. The van der Waals surface area contributed by atoms with Crippen LogP contribution >= 0.6 is 0 Å². The van der Waals surface area contributed by atoms with E-state index in [0.29, 0.717) is 30.8 Å². The van der Waals surface area contributed by atoms with Crippen LogP contribution in [0.15, 0.2) is 109 Å². The van der Waals surface area contributed by atoms with E-state index in [-0.39, 0.29) is 18.4 Å². The first-order valence-corrected chi connectivity index (χ1v) is 12.4. The molecule has 0 atom stereocenters. The van der Waals surface area contributed by atoms with Gasteiger partial charge in [-0.2, -0.15) is 0 Å². The van der Waals surface area contributed by atoms with Gasteiger partial charge < -0.3 is 20.7 Å². The molecule has 188 valence electrons. The number of rotatable bonds is 12. The molecule has 2 amide bonds. The van der Waals surface area contributed by atoms with Gasteiger partial charge in [0.05, 0.1) is 13.2 Å². The van der Waals surface area contributed by atoms with Crippen LogP contribution in [0, 0.1) is 0 Å². The summed E-state index contributed by atoms with van der Waals surface area (Å²) in [5.74, 6) is 0.486. The van der Waals surface area contributed by atoms with Crippen molar-refractivity contribution in [3.8, 4) is 5.75 Å². The molecule has 0 unspecified atom stereocenters. The Bertz CT molecular complexity index is 1290. The van der Waals surface area contributed by atoms with Crippen LogP contribution in [0.2, 0.25) is 0 Å². The van der Waals surface area contributed by atoms with Crippen LogP contribution in [-0.4, -0.2) is 25.0 Å². The van der Waals surface area contributed by atoms with Crippen molar-refractivity contribution in [2.75, 3.05) is 29.1 Å². The van der Waals surface area contributed by atoms with Crippen molar-refractivity contribution in [2.45, 2.75) is 19.3 Å². The normalized spacial score (nSPS) is 10.4. The summed E-state index contributed by atoms with van der Waals surface area (Å²) in [4.78, 5) is 24.8. The molecule has 0 heterocycles. The van der Waals surface area contributed by atoms with Gasteiger partial charge in [0.15, 0.2) is 0 Å². The monoisotopic (exact) mass is 493 g/mol. The van der Waals surface area contributed by atoms with E-state index in [1.807, 2.05) is 72.8 Å². The summed E-state index contributed by atoms with van der Waals surface area (Å²) >= 11 is 0. The summed E-state index contributed by atoms with van der Waals surface area (Å²) in [7, 11) is 0. The van der Waals surface area contributed by atoms with Crippen LogP contribution < -0.4 is 20.7 Å². The van der Waals surface area contributed by atoms with Crippen molar-refractivity contribution in [3.05, 3.63) is 120 Å². The molecular formula is C31H31N3O3. The Morgan fingerprint density at radius 1 is 0.595 bits per heavy atom. The van der Waals surface area contributed by atoms with Gasteiger partial charge >= 0.3 is 0 Å². The van der Waals surface area contributed by atoms with Crippen LogP contribution in [0.4, 0.5) is 17.1 Å². The van der Waals surface area contributed by atoms with Crippen molar-refractivity contribution in [3.63, 3.8) is 0 Å². The van der Waals surface area contributed by atoms with Gasteiger partial charge in [-0.25, -0.2) is 0 Å². The predicted octanol–water partition coefficient (Wildman–Crippen LogP) is 5.93. The molecule has 0 aliphatic carbocycles. The summed E-state index contributed by atoms with van der Waals surface area (Å²) < 4.78 is 5.87. The number of carbonyl (C=O) groups excluding carboxylic acids is 2. The molecule has 3 N–H and O–H groups in total. The second-order valence-electron chi connectivity index (χ2n) is 8.63. The molecule has 0 aromatic heterocycles. The average molecular weight is 494 g/mol. The van der Waals surface area contributed by atoms with Crippen LogP contribution in [0.5, 0.6) is 5.75 Å². The number of amides is 2. The van der Waals surface area contributed by atoms with Gasteiger partial charge in [0.2, 0.25) is 11.8 Å². The van der Waals surface area contributed by atoms with Crippen molar-refractivity contribution in [2.24, 2.45) is 0 Å². The number of nitrogens with one attached hydrogen (secondary N) is 3. The highest BCUT2D eigenvalue weighted by molar-refractivity contribution is 5.95. The maximum atomic E-state index is 12.5. The van der Waals surface area contributed by atoms with Crippen LogP contribution in [-0.2, 0) is 22.4 Å². The lowest BCUT2D eigenvalue weighted by Crippen LogP contribution is -2.22. The van der Waals surface area contributed by atoms with Crippen LogP contribution in [0.3, 0.4) is 0 Å². The Labute approximate surface area is 217 Å². The quantitative estimate of drug-likeness (QED) is 0.229. The lowest BCUT2D eigenvalue weighted by Gasteiger charge is -2.11. The summed E-state index contributed by atoms with van der Waals surface area (Å²) in [5.41, 5.74) is 4.40.